The van der Waals surface area contributed by atoms with Gasteiger partial charge in [0, 0.05) is 24.6 Å². The van der Waals surface area contributed by atoms with Crippen LogP contribution in [0.3, 0.4) is 0 Å². The largest absolute Gasteiger partial charge is 0.493 e. The molecular weight excluding hydrogens is 304 g/mol. The van der Waals surface area contributed by atoms with Gasteiger partial charge in [0.25, 0.3) is 5.91 Å². The van der Waals surface area contributed by atoms with Crippen LogP contribution in [-0.2, 0) is 11.3 Å². The van der Waals surface area contributed by atoms with E-state index in [0.717, 1.165) is 5.69 Å². The molecule has 0 saturated heterocycles. The number of carbonyl (C=O) groups excluding carboxylic acids is 1. The van der Waals surface area contributed by atoms with Gasteiger partial charge in [0.2, 0.25) is 0 Å². The topological polar surface area (TPSA) is 69.7 Å². The molecule has 22 heavy (non-hydrogen) atoms. The molecule has 6 nitrogen and oxygen atoms in total. The molecule has 0 saturated carbocycles. The smallest absolute Gasteiger partial charge is 0.251 e. The molecular formula is C15H18N2O4S. The second kappa shape index (κ2) is 8.35. The number of carbonyl (C=O) groups is 1. The summed E-state index contributed by atoms with van der Waals surface area (Å²) in [5.41, 5.74) is 3.12. The van der Waals surface area contributed by atoms with Crippen molar-refractivity contribution < 1.29 is 19.0 Å². The average Bonchev–Trinajstić information content (AvgIpc) is 3.06. The predicted octanol–water partition coefficient (Wildman–Crippen LogP) is 2.11. The number of amides is 1. The van der Waals surface area contributed by atoms with Crippen LogP contribution in [0.4, 0.5) is 0 Å². The summed E-state index contributed by atoms with van der Waals surface area (Å²) in [6.45, 7) is 1.29. The first-order valence-corrected chi connectivity index (χ1v) is 7.64. The Balaban J connectivity index is 2.01. The van der Waals surface area contributed by atoms with Gasteiger partial charge < -0.3 is 19.5 Å². The molecule has 7 heteroatoms. The lowest BCUT2D eigenvalue weighted by Crippen LogP contribution is -2.26. The van der Waals surface area contributed by atoms with Gasteiger partial charge in [-0.3, -0.25) is 4.79 Å². The minimum absolute atomic E-state index is 0.179. The number of hydrogen-bond donors (Lipinski definition) is 1. The number of benzene rings is 1. The Morgan fingerprint density at radius 1 is 1.32 bits per heavy atom. The standard InChI is InChI=1S/C15H18N2O4S/c1-19-6-5-16-15(18)11-3-4-13(14(7-11)20-2)21-8-12-9-22-10-17-12/h3-4,7,9-10H,5-6,8H2,1-2H3,(H,16,18). The summed E-state index contributed by atoms with van der Waals surface area (Å²) in [7, 11) is 3.13. The number of aromatic nitrogens is 1. The Bertz CT molecular complexity index is 602. The first-order chi connectivity index (χ1) is 10.7. The number of hydrogen-bond acceptors (Lipinski definition) is 6. The third-order valence-corrected chi connectivity index (χ3v) is 3.51. The fourth-order valence-electron chi connectivity index (χ4n) is 1.76. The Labute approximate surface area is 133 Å². The number of thiazole rings is 1. The van der Waals surface area contributed by atoms with Crippen molar-refractivity contribution in [3.63, 3.8) is 0 Å². The summed E-state index contributed by atoms with van der Waals surface area (Å²) >= 11 is 1.51. The van der Waals surface area contributed by atoms with E-state index >= 15 is 0 Å². The van der Waals surface area contributed by atoms with Crippen LogP contribution in [0, 0.1) is 0 Å². The SMILES string of the molecule is COCCNC(=O)c1ccc(OCc2cscn2)c(OC)c1. The van der Waals surface area contributed by atoms with Gasteiger partial charge in [-0.1, -0.05) is 0 Å². The maximum atomic E-state index is 12.0. The zero-order chi connectivity index (χ0) is 15.8. The summed E-state index contributed by atoms with van der Waals surface area (Å²) in [4.78, 5) is 16.1. The molecule has 0 unspecified atom stereocenters. The lowest BCUT2D eigenvalue weighted by atomic mass is 10.2. The van der Waals surface area contributed by atoms with Crippen LogP contribution in [0.1, 0.15) is 16.1 Å². The first-order valence-electron chi connectivity index (χ1n) is 6.69. The number of methoxy groups -OCH3 is 2. The van der Waals surface area contributed by atoms with Crippen LogP contribution in [-0.4, -0.2) is 38.3 Å². The molecule has 0 fully saturated rings. The second-order valence-corrected chi connectivity index (χ2v) is 5.10. The van der Waals surface area contributed by atoms with Gasteiger partial charge in [-0.05, 0) is 18.2 Å². The molecule has 0 aliphatic rings. The number of ether oxygens (including phenoxy) is 3. The van der Waals surface area contributed by atoms with E-state index in [1.165, 1.54) is 18.4 Å². The van der Waals surface area contributed by atoms with Crippen LogP contribution < -0.4 is 14.8 Å². The number of rotatable bonds is 8. The highest BCUT2D eigenvalue weighted by Gasteiger charge is 2.11. The zero-order valence-corrected chi connectivity index (χ0v) is 13.3. The van der Waals surface area contributed by atoms with Crippen molar-refractivity contribution in [3.8, 4) is 11.5 Å². The highest BCUT2D eigenvalue weighted by atomic mass is 32.1. The highest BCUT2D eigenvalue weighted by molar-refractivity contribution is 7.07. The van der Waals surface area contributed by atoms with Crippen LogP contribution in [0.15, 0.2) is 29.1 Å². The van der Waals surface area contributed by atoms with Gasteiger partial charge in [0.1, 0.15) is 6.61 Å². The van der Waals surface area contributed by atoms with E-state index in [9.17, 15) is 4.79 Å². The van der Waals surface area contributed by atoms with E-state index in [-0.39, 0.29) is 5.91 Å². The van der Waals surface area contributed by atoms with Crippen molar-refractivity contribution in [1.29, 1.82) is 0 Å². The summed E-state index contributed by atoms with van der Waals surface area (Å²) in [6, 6.07) is 5.07. The van der Waals surface area contributed by atoms with Crippen LogP contribution in [0.2, 0.25) is 0 Å². The van der Waals surface area contributed by atoms with Crippen LogP contribution in [0.5, 0.6) is 11.5 Å². The van der Waals surface area contributed by atoms with E-state index in [1.807, 2.05) is 5.38 Å². The zero-order valence-electron chi connectivity index (χ0n) is 12.5. The van der Waals surface area contributed by atoms with Crippen molar-refractivity contribution in [3.05, 3.63) is 40.3 Å². The molecule has 1 amide bonds. The van der Waals surface area contributed by atoms with Gasteiger partial charge in [0.05, 0.1) is 24.9 Å². The highest BCUT2D eigenvalue weighted by Crippen LogP contribution is 2.28. The summed E-state index contributed by atoms with van der Waals surface area (Å²) < 4.78 is 15.9. The Morgan fingerprint density at radius 2 is 2.18 bits per heavy atom. The maximum Gasteiger partial charge on any atom is 0.251 e. The second-order valence-electron chi connectivity index (χ2n) is 4.38. The quantitative estimate of drug-likeness (QED) is 0.754. The van der Waals surface area contributed by atoms with E-state index < -0.39 is 0 Å². The molecule has 1 aromatic carbocycles. The fourth-order valence-corrected chi connectivity index (χ4v) is 2.30. The molecule has 2 aromatic rings. The van der Waals surface area contributed by atoms with E-state index in [2.05, 4.69) is 10.3 Å². The van der Waals surface area contributed by atoms with Crippen molar-refractivity contribution >= 4 is 17.2 Å². The first kappa shape index (κ1) is 16.3. The molecule has 0 aliphatic carbocycles. The Morgan fingerprint density at radius 3 is 2.86 bits per heavy atom. The molecule has 2 rings (SSSR count). The lowest BCUT2D eigenvalue weighted by Gasteiger charge is -2.11. The fraction of sp³-hybridized carbons (Fsp3) is 0.333. The predicted molar refractivity (Wildman–Crippen MR) is 83.6 cm³/mol. The molecule has 118 valence electrons. The van der Waals surface area contributed by atoms with Gasteiger partial charge in [-0.25, -0.2) is 4.98 Å². The molecule has 0 aliphatic heterocycles. The Hall–Kier alpha value is -2.12. The van der Waals surface area contributed by atoms with Crippen molar-refractivity contribution in [1.82, 2.24) is 10.3 Å². The minimum atomic E-state index is -0.179. The Kier molecular flexibility index (Phi) is 6.17. The van der Waals surface area contributed by atoms with E-state index in [0.29, 0.717) is 36.8 Å². The van der Waals surface area contributed by atoms with Gasteiger partial charge in [0.15, 0.2) is 11.5 Å². The summed E-state index contributed by atoms with van der Waals surface area (Å²) in [5.74, 6) is 0.903. The van der Waals surface area contributed by atoms with E-state index in [4.69, 9.17) is 14.2 Å². The van der Waals surface area contributed by atoms with Gasteiger partial charge >= 0.3 is 0 Å². The van der Waals surface area contributed by atoms with Crippen molar-refractivity contribution in [2.45, 2.75) is 6.61 Å². The molecule has 1 N–H and O–H groups in total. The van der Waals surface area contributed by atoms with Crippen LogP contribution >= 0.6 is 11.3 Å². The average molecular weight is 322 g/mol. The normalized spacial score (nSPS) is 10.3. The monoisotopic (exact) mass is 322 g/mol. The van der Waals surface area contributed by atoms with Gasteiger partial charge in [-0.2, -0.15) is 0 Å². The third kappa shape index (κ3) is 4.44. The van der Waals surface area contributed by atoms with E-state index in [1.54, 1.807) is 30.8 Å². The molecule has 0 radical (unpaired) electrons. The molecule has 1 aromatic heterocycles. The number of nitrogens with zero attached hydrogens (tertiary/aromatic N) is 1. The lowest BCUT2D eigenvalue weighted by molar-refractivity contribution is 0.0936. The maximum absolute atomic E-state index is 12.0. The molecule has 0 spiro atoms. The van der Waals surface area contributed by atoms with Gasteiger partial charge in [-0.15, -0.1) is 11.3 Å². The third-order valence-electron chi connectivity index (χ3n) is 2.88. The number of nitrogens with one attached hydrogen (secondary N) is 1. The molecule has 0 atom stereocenters. The minimum Gasteiger partial charge on any atom is -0.493 e. The summed E-state index contributed by atoms with van der Waals surface area (Å²) in [5, 5.41) is 4.68. The van der Waals surface area contributed by atoms with Crippen molar-refractivity contribution in [2.75, 3.05) is 27.4 Å². The van der Waals surface area contributed by atoms with Crippen LogP contribution in [0.25, 0.3) is 0 Å². The molecule has 0 bridgehead atoms. The molecule has 1 heterocycles. The summed E-state index contributed by atoms with van der Waals surface area (Å²) in [6.07, 6.45) is 0. The van der Waals surface area contributed by atoms with Crippen molar-refractivity contribution in [2.24, 2.45) is 0 Å².